The number of benzene rings is 1. The van der Waals surface area contributed by atoms with Gasteiger partial charge in [0.2, 0.25) is 0 Å². The molecule has 0 amide bonds. The van der Waals surface area contributed by atoms with Crippen molar-refractivity contribution in [1.82, 2.24) is 4.81 Å². The SMILES string of the molecule is BN1CCc2ccc(C#N)cc2C1. The minimum Gasteiger partial charge on any atom is -0.345 e. The molecule has 0 fully saturated rings. The van der Waals surface area contributed by atoms with Crippen LogP contribution < -0.4 is 0 Å². The fourth-order valence-corrected chi connectivity index (χ4v) is 1.77. The lowest BCUT2D eigenvalue weighted by molar-refractivity contribution is 0.427. The Balaban J connectivity index is 2.39. The highest BCUT2D eigenvalue weighted by molar-refractivity contribution is 6.04. The van der Waals surface area contributed by atoms with Gasteiger partial charge in [0.1, 0.15) is 0 Å². The Labute approximate surface area is 79.2 Å². The van der Waals surface area contributed by atoms with Gasteiger partial charge in [-0.05, 0) is 36.2 Å². The quantitative estimate of drug-likeness (QED) is 0.529. The van der Waals surface area contributed by atoms with Crippen molar-refractivity contribution in [2.24, 2.45) is 0 Å². The van der Waals surface area contributed by atoms with E-state index in [-0.39, 0.29) is 0 Å². The molecule has 64 valence electrons. The first-order chi connectivity index (χ1) is 6.29. The predicted octanol–water partition coefficient (Wildman–Crippen LogP) is 0.464. The Kier molecular flexibility index (Phi) is 2.07. The predicted molar refractivity (Wildman–Crippen MR) is 53.8 cm³/mol. The molecule has 0 saturated carbocycles. The second-order valence-corrected chi connectivity index (χ2v) is 3.58. The Morgan fingerprint density at radius 1 is 1.38 bits per heavy atom. The Hall–Kier alpha value is -1.27. The van der Waals surface area contributed by atoms with Gasteiger partial charge in [0.15, 0.2) is 7.98 Å². The molecule has 2 nitrogen and oxygen atoms in total. The smallest absolute Gasteiger partial charge is 0.185 e. The molecule has 1 heterocycles. The molecule has 0 unspecified atom stereocenters. The third-order valence-electron chi connectivity index (χ3n) is 2.54. The zero-order valence-corrected chi connectivity index (χ0v) is 7.75. The summed E-state index contributed by atoms with van der Waals surface area (Å²) in [6, 6.07) is 8.17. The molecule has 3 heteroatoms. The van der Waals surface area contributed by atoms with Gasteiger partial charge < -0.3 is 4.81 Å². The molecule has 0 atom stereocenters. The van der Waals surface area contributed by atoms with E-state index in [1.54, 1.807) is 0 Å². The first kappa shape index (κ1) is 8.34. The Morgan fingerprint density at radius 2 is 2.23 bits per heavy atom. The van der Waals surface area contributed by atoms with Crippen LogP contribution in [-0.2, 0) is 13.0 Å². The van der Waals surface area contributed by atoms with Crippen LogP contribution in [0.25, 0.3) is 0 Å². The highest BCUT2D eigenvalue weighted by Crippen LogP contribution is 2.18. The zero-order valence-electron chi connectivity index (χ0n) is 7.75. The van der Waals surface area contributed by atoms with Crippen LogP contribution in [0.1, 0.15) is 16.7 Å². The summed E-state index contributed by atoms with van der Waals surface area (Å²) < 4.78 is 0. The van der Waals surface area contributed by atoms with Gasteiger partial charge in [-0.3, -0.25) is 0 Å². The molecule has 0 aromatic heterocycles. The van der Waals surface area contributed by atoms with Gasteiger partial charge >= 0.3 is 0 Å². The number of fused-ring (bicyclic) bond motifs is 1. The number of rotatable bonds is 0. The van der Waals surface area contributed by atoms with Crippen molar-refractivity contribution in [3.05, 3.63) is 34.9 Å². The maximum Gasteiger partial charge on any atom is 0.185 e. The summed E-state index contributed by atoms with van der Waals surface area (Å²) in [7, 11) is 2.11. The van der Waals surface area contributed by atoms with E-state index in [4.69, 9.17) is 5.26 Å². The molecule has 0 aliphatic carbocycles. The van der Waals surface area contributed by atoms with Crippen molar-refractivity contribution >= 4 is 7.98 Å². The second kappa shape index (κ2) is 3.23. The Bertz CT molecular complexity index is 368. The average molecular weight is 170 g/mol. The van der Waals surface area contributed by atoms with Gasteiger partial charge in [0.25, 0.3) is 0 Å². The van der Waals surface area contributed by atoms with E-state index >= 15 is 0 Å². The van der Waals surface area contributed by atoms with Crippen LogP contribution in [0.4, 0.5) is 0 Å². The lowest BCUT2D eigenvalue weighted by Gasteiger charge is -2.25. The third kappa shape index (κ3) is 1.58. The zero-order chi connectivity index (χ0) is 9.26. The van der Waals surface area contributed by atoms with Gasteiger partial charge in [-0.1, -0.05) is 6.07 Å². The summed E-state index contributed by atoms with van der Waals surface area (Å²) >= 11 is 0. The van der Waals surface area contributed by atoms with Crippen LogP contribution in [0.3, 0.4) is 0 Å². The van der Waals surface area contributed by atoms with Crippen LogP contribution in [0, 0.1) is 11.3 Å². The van der Waals surface area contributed by atoms with Crippen LogP contribution in [0.5, 0.6) is 0 Å². The highest BCUT2D eigenvalue weighted by Gasteiger charge is 2.12. The van der Waals surface area contributed by atoms with E-state index in [1.807, 2.05) is 12.1 Å². The van der Waals surface area contributed by atoms with Crippen LogP contribution in [-0.4, -0.2) is 19.3 Å². The molecule has 0 N–H and O–H groups in total. The Morgan fingerprint density at radius 3 is 3.00 bits per heavy atom. The summed E-state index contributed by atoms with van der Waals surface area (Å²) in [4.78, 5) is 2.28. The maximum absolute atomic E-state index is 8.74. The highest BCUT2D eigenvalue weighted by atomic mass is 15.0. The normalized spacial score (nSPS) is 16.2. The first-order valence-corrected chi connectivity index (χ1v) is 4.50. The minimum absolute atomic E-state index is 0.772. The van der Waals surface area contributed by atoms with Gasteiger partial charge in [0, 0.05) is 6.54 Å². The van der Waals surface area contributed by atoms with Crippen LogP contribution in [0.2, 0.25) is 0 Å². The standard InChI is InChI=1S/C10H11BN2/c11-13-4-3-9-2-1-8(6-12)5-10(9)7-13/h1-2,5H,3-4,7,11H2. The maximum atomic E-state index is 8.74. The summed E-state index contributed by atoms with van der Waals surface area (Å²) in [5, 5.41) is 8.74. The van der Waals surface area contributed by atoms with E-state index in [1.165, 1.54) is 11.1 Å². The fraction of sp³-hybridized carbons (Fsp3) is 0.300. The molecule has 0 saturated heterocycles. The molecular formula is C10H11BN2. The van der Waals surface area contributed by atoms with Crippen molar-refractivity contribution in [2.45, 2.75) is 13.0 Å². The molecule has 1 aromatic rings. The van der Waals surface area contributed by atoms with Crippen molar-refractivity contribution in [2.75, 3.05) is 6.54 Å². The minimum atomic E-state index is 0.772. The van der Waals surface area contributed by atoms with E-state index in [2.05, 4.69) is 24.9 Å². The molecule has 1 aromatic carbocycles. The monoisotopic (exact) mass is 170 g/mol. The van der Waals surface area contributed by atoms with E-state index in [0.29, 0.717) is 0 Å². The van der Waals surface area contributed by atoms with E-state index in [9.17, 15) is 0 Å². The fourth-order valence-electron chi connectivity index (χ4n) is 1.77. The lowest BCUT2D eigenvalue weighted by atomic mass is 9.96. The molecule has 0 spiro atoms. The molecule has 0 bridgehead atoms. The third-order valence-corrected chi connectivity index (χ3v) is 2.54. The number of nitrogens with zero attached hydrogens (tertiary/aromatic N) is 2. The van der Waals surface area contributed by atoms with Crippen LogP contribution in [0.15, 0.2) is 18.2 Å². The van der Waals surface area contributed by atoms with E-state index < -0.39 is 0 Å². The van der Waals surface area contributed by atoms with Gasteiger partial charge in [-0.25, -0.2) is 0 Å². The average Bonchev–Trinajstić information content (AvgIpc) is 2.16. The second-order valence-electron chi connectivity index (χ2n) is 3.58. The van der Waals surface area contributed by atoms with E-state index in [0.717, 1.165) is 25.1 Å². The summed E-state index contributed by atoms with van der Waals surface area (Å²) in [6.45, 7) is 2.10. The molecule has 2 rings (SSSR count). The molecule has 1 aliphatic heterocycles. The molecule has 13 heavy (non-hydrogen) atoms. The summed E-state index contributed by atoms with van der Waals surface area (Å²) in [6.07, 6.45) is 1.11. The van der Waals surface area contributed by atoms with Crippen molar-refractivity contribution < 1.29 is 0 Å². The van der Waals surface area contributed by atoms with Gasteiger partial charge in [-0.2, -0.15) is 5.26 Å². The number of hydrogen-bond donors (Lipinski definition) is 0. The van der Waals surface area contributed by atoms with Crippen molar-refractivity contribution in [3.8, 4) is 6.07 Å². The summed E-state index contributed by atoms with van der Waals surface area (Å²) in [5.41, 5.74) is 3.49. The molecule has 1 aliphatic rings. The first-order valence-electron chi connectivity index (χ1n) is 4.50. The van der Waals surface area contributed by atoms with Gasteiger partial charge in [0.05, 0.1) is 11.6 Å². The van der Waals surface area contributed by atoms with Crippen molar-refractivity contribution in [1.29, 1.82) is 5.26 Å². The molecular weight excluding hydrogens is 159 g/mol. The number of hydrogen-bond acceptors (Lipinski definition) is 2. The lowest BCUT2D eigenvalue weighted by Crippen LogP contribution is -2.27. The van der Waals surface area contributed by atoms with Gasteiger partial charge in [-0.15, -0.1) is 0 Å². The van der Waals surface area contributed by atoms with Crippen LogP contribution >= 0.6 is 0 Å². The van der Waals surface area contributed by atoms with Crippen molar-refractivity contribution in [3.63, 3.8) is 0 Å². The number of nitriles is 1. The summed E-state index contributed by atoms with van der Waals surface area (Å²) in [5.74, 6) is 0. The molecule has 0 radical (unpaired) electrons. The topological polar surface area (TPSA) is 27.0 Å². The largest absolute Gasteiger partial charge is 0.345 e.